The highest BCUT2D eigenvalue weighted by atomic mass is 35.5. The van der Waals surface area contributed by atoms with E-state index in [1.54, 1.807) is 24.3 Å². The van der Waals surface area contributed by atoms with E-state index in [1.807, 2.05) is 0 Å². The summed E-state index contributed by atoms with van der Waals surface area (Å²) in [5.74, 6) is -0.345. The smallest absolute Gasteiger partial charge is 0.169 e. The van der Waals surface area contributed by atoms with E-state index in [-0.39, 0.29) is 16.5 Å². The van der Waals surface area contributed by atoms with Crippen molar-refractivity contribution in [1.82, 2.24) is 4.98 Å². The van der Waals surface area contributed by atoms with Crippen molar-refractivity contribution in [3.63, 3.8) is 0 Å². The Bertz CT molecular complexity index is 542. The van der Waals surface area contributed by atoms with Gasteiger partial charge in [-0.1, -0.05) is 23.7 Å². The van der Waals surface area contributed by atoms with Crippen LogP contribution in [0.3, 0.4) is 0 Å². The lowest BCUT2D eigenvalue weighted by atomic mass is 10.1. The molecule has 2 nitrogen and oxygen atoms in total. The summed E-state index contributed by atoms with van der Waals surface area (Å²) in [6.45, 7) is 0. The molecule has 16 heavy (non-hydrogen) atoms. The van der Waals surface area contributed by atoms with E-state index in [0.29, 0.717) is 17.5 Å². The lowest BCUT2D eigenvalue weighted by molar-refractivity contribution is 0.111. The van der Waals surface area contributed by atoms with Gasteiger partial charge in [0.25, 0.3) is 0 Å². The van der Waals surface area contributed by atoms with E-state index in [0.717, 1.165) is 0 Å². The second-order valence-corrected chi connectivity index (χ2v) is 3.60. The maximum Gasteiger partial charge on any atom is 0.169 e. The first-order valence-electron chi connectivity index (χ1n) is 4.58. The van der Waals surface area contributed by atoms with E-state index in [4.69, 9.17) is 11.6 Å². The zero-order valence-electron chi connectivity index (χ0n) is 8.15. The molecule has 0 N–H and O–H groups in total. The molecule has 80 valence electrons. The molecule has 0 aliphatic rings. The molecule has 0 aliphatic heterocycles. The monoisotopic (exact) mass is 235 g/mol. The van der Waals surface area contributed by atoms with Crippen LogP contribution in [0.15, 0.2) is 36.4 Å². The third-order valence-corrected chi connectivity index (χ3v) is 2.42. The van der Waals surface area contributed by atoms with Crippen LogP contribution in [-0.2, 0) is 0 Å². The second-order valence-electron chi connectivity index (χ2n) is 3.19. The number of hydrogen-bond donors (Lipinski definition) is 0. The molecule has 0 saturated carbocycles. The first kappa shape index (κ1) is 10.8. The molecule has 0 aliphatic carbocycles. The zero-order valence-corrected chi connectivity index (χ0v) is 8.91. The molecular formula is C12H7ClFNO. The Morgan fingerprint density at radius 1 is 1.25 bits per heavy atom. The van der Waals surface area contributed by atoms with Gasteiger partial charge in [-0.3, -0.25) is 4.79 Å². The Kier molecular flexibility index (Phi) is 2.97. The minimum atomic E-state index is -0.345. The lowest BCUT2D eigenvalue weighted by Crippen LogP contribution is -1.91. The van der Waals surface area contributed by atoms with Crippen LogP contribution in [-0.4, -0.2) is 11.3 Å². The molecule has 4 heteroatoms. The van der Waals surface area contributed by atoms with Gasteiger partial charge in [0.15, 0.2) is 6.29 Å². The standard InChI is InChI=1S/C12H7ClFNO/c13-10-4-5-11(15-12(10)7-16)8-2-1-3-9(14)6-8/h1-7H. The predicted octanol–water partition coefficient (Wildman–Crippen LogP) is 3.35. The summed E-state index contributed by atoms with van der Waals surface area (Å²) >= 11 is 5.75. The van der Waals surface area contributed by atoms with Crippen molar-refractivity contribution in [2.75, 3.05) is 0 Å². The van der Waals surface area contributed by atoms with Crippen molar-refractivity contribution >= 4 is 17.9 Å². The van der Waals surface area contributed by atoms with Crippen LogP contribution in [0.2, 0.25) is 5.02 Å². The minimum Gasteiger partial charge on any atom is -0.296 e. The quantitative estimate of drug-likeness (QED) is 0.747. The van der Waals surface area contributed by atoms with Crippen molar-refractivity contribution in [1.29, 1.82) is 0 Å². The Balaban J connectivity index is 2.52. The molecule has 0 unspecified atom stereocenters. The van der Waals surface area contributed by atoms with Crippen LogP contribution >= 0.6 is 11.6 Å². The topological polar surface area (TPSA) is 30.0 Å². The average molecular weight is 236 g/mol. The molecular weight excluding hydrogens is 229 g/mol. The number of benzene rings is 1. The van der Waals surface area contributed by atoms with E-state index >= 15 is 0 Å². The van der Waals surface area contributed by atoms with Gasteiger partial charge in [0.2, 0.25) is 0 Å². The van der Waals surface area contributed by atoms with Crippen LogP contribution in [0.1, 0.15) is 10.5 Å². The van der Waals surface area contributed by atoms with Gasteiger partial charge >= 0.3 is 0 Å². The number of rotatable bonds is 2. The molecule has 1 heterocycles. The van der Waals surface area contributed by atoms with Crippen LogP contribution < -0.4 is 0 Å². The molecule has 0 spiro atoms. The van der Waals surface area contributed by atoms with Crippen molar-refractivity contribution in [3.8, 4) is 11.3 Å². The molecule has 0 fully saturated rings. The highest BCUT2D eigenvalue weighted by Gasteiger charge is 2.05. The van der Waals surface area contributed by atoms with Gasteiger partial charge in [-0.25, -0.2) is 9.37 Å². The van der Waals surface area contributed by atoms with Gasteiger partial charge in [-0.05, 0) is 24.3 Å². The molecule has 0 amide bonds. The fourth-order valence-corrected chi connectivity index (χ4v) is 1.50. The number of halogens is 2. The van der Waals surface area contributed by atoms with E-state index in [9.17, 15) is 9.18 Å². The second kappa shape index (κ2) is 4.41. The number of aldehydes is 1. The SMILES string of the molecule is O=Cc1nc(-c2cccc(F)c2)ccc1Cl. The van der Waals surface area contributed by atoms with E-state index < -0.39 is 0 Å². The van der Waals surface area contributed by atoms with Crippen LogP contribution in [0.5, 0.6) is 0 Å². The number of pyridine rings is 1. The summed E-state index contributed by atoms with van der Waals surface area (Å²) in [6.07, 6.45) is 0.575. The predicted molar refractivity (Wildman–Crippen MR) is 60.0 cm³/mol. The van der Waals surface area contributed by atoms with Crippen LogP contribution in [0.25, 0.3) is 11.3 Å². The first-order chi connectivity index (χ1) is 7.70. The van der Waals surface area contributed by atoms with Gasteiger partial charge in [-0.15, -0.1) is 0 Å². The lowest BCUT2D eigenvalue weighted by Gasteiger charge is -2.02. The molecule has 0 bridgehead atoms. The van der Waals surface area contributed by atoms with Crippen molar-refractivity contribution in [2.45, 2.75) is 0 Å². The van der Waals surface area contributed by atoms with Crippen LogP contribution in [0, 0.1) is 5.82 Å². The Morgan fingerprint density at radius 3 is 2.75 bits per heavy atom. The van der Waals surface area contributed by atoms with Crippen LogP contribution in [0.4, 0.5) is 4.39 Å². The minimum absolute atomic E-state index is 0.156. The summed E-state index contributed by atoms with van der Waals surface area (Å²) in [5, 5.41) is 0.287. The number of aromatic nitrogens is 1. The molecule has 0 radical (unpaired) electrons. The Morgan fingerprint density at radius 2 is 2.06 bits per heavy atom. The summed E-state index contributed by atoms with van der Waals surface area (Å²) in [7, 11) is 0. The van der Waals surface area contributed by atoms with E-state index in [2.05, 4.69) is 4.98 Å². The highest BCUT2D eigenvalue weighted by Crippen LogP contribution is 2.21. The summed E-state index contributed by atoms with van der Waals surface area (Å²) in [4.78, 5) is 14.7. The molecule has 2 rings (SSSR count). The van der Waals surface area contributed by atoms with Crippen molar-refractivity contribution < 1.29 is 9.18 Å². The molecule has 1 aromatic carbocycles. The summed E-state index contributed by atoms with van der Waals surface area (Å²) in [6, 6.07) is 9.21. The third-order valence-electron chi connectivity index (χ3n) is 2.11. The molecule has 0 atom stereocenters. The van der Waals surface area contributed by atoms with Gasteiger partial charge in [-0.2, -0.15) is 0 Å². The number of carbonyl (C=O) groups excluding carboxylic acids is 1. The molecule has 2 aromatic rings. The van der Waals surface area contributed by atoms with Gasteiger partial charge in [0, 0.05) is 5.56 Å². The first-order valence-corrected chi connectivity index (χ1v) is 4.96. The fourth-order valence-electron chi connectivity index (χ4n) is 1.35. The molecule has 1 aromatic heterocycles. The van der Waals surface area contributed by atoms with Crippen molar-refractivity contribution in [3.05, 3.63) is 52.9 Å². The fraction of sp³-hybridized carbons (Fsp3) is 0. The maximum atomic E-state index is 13.0. The largest absolute Gasteiger partial charge is 0.296 e. The number of nitrogens with zero attached hydrogens (tertiary/aromatic N) is 1. The van der Waals surface area contributed by atoms with Gasteiger partial charge in [0.05, 0.1) is 10.7 Å². The van der Waals surface area contributed by atoms with E-state index in [1.165, 1.54) is 12.1 Å². The average Bonchev–Trinajstić information content (AvgIpc) is 2.29. The Labute approximate surface area is 96.7 Å². The van der Waals surface area contributed by atoms with Crippen molar-refractivity contribution in [2.24, 2.45) is 0 Å². The summed E-state index contributed by atoms with van der Waals surface area (Å²) < 4.78 is 13.0. The third kappa shape index (κ3) is 2.09. The maximum absolute atomic E-state index is 13.0. The zero-order chi connectivity index (χ0) is 11.5. The normalized spacial score (nSPS) is 10.1. The summed E-state index contributed by atoms with van der Waals surface area (Å²) in [5.41, 5.74) is 1.29. The Hall–Kier alpha value is -1.74. The highest BCUT2D eigenvalue weighted by molar-refractivity contribution is 6.32. The van der Waals surface area contributed by atoms with Gasteiger partial charge < -0.3 is 0 Å². The molecule has 0 saturated heterocycles. The van der Waals surface area contributed by atoms with Gasteiger partial charge in [0.1, 0.15) is 11.5 Å². The number of hydrogen-bond acceptors (Lipinski definition) is 2. The number of carbonyl (C=O) groups is 1.